The van der Waals surface area contributed by atoms with Crippen molar-refractivity contribution in [3.05, 3.63) is 23.3 Å². The molecule has 4 saturated carbocycles. The lowest BCUT2D eigenvalue weighted by molar-refractivity contribution is -0.340. The molecule has 5 rings (SSSR count). The number of aliphatic hydroxyl groups excluding tert-OH is 5. The van der Waals surface area contributed by atoms with Crippen LogP contribution in [0.5, 0.6) is 0 Å². The Kier molecular flexibility index (Phi) is 9.43. The van der Waals surface area contributed by atoms with Crippen LogP contribution in [0, 0.1) is 51.2 Å². The van der Waals surface area contributed by atoms with Crippen LogP contribution in [0.3, 0.4) is 0 Å². The second kappa shape index (κ2) is 12.0. The zero-order valence-corrected chi connectivity index (χ0v) is 28.8. The van der Waals surface area contributed by atoms with Gasteiger partial charge in [0.2, 0.25) is 0 Å². The van der Waals surface area contributed by atoms with Crippen molar-refractivity contribution in [2.24, 2.45) is 51.2 Å². The third kappa shape index (κ3) is 5.20. The summed E-state index contributed by atoms with van der Waals surface area (Å²) in [5, 5.41) is 55.3. The van der Waals surface area contributed by atoms with E-state index in [0.717, 1.165) is 38.5 Å². The normalized spacial score (nSPS) is 52.1. The van der Waals surface area contributed by atoms with Crippen LogP contribution in [0.1, 0.15) is 107 Å². The standard InChI is InChI=1S/C37H62O7/c1-20(2)11-10-12-21(3)23-13-16-36(8)29(23)24(39)17-27-35(7)15-14-28(40)34(5,6)32(35)25(18-37(27,36)9)43-33-31(42)22(4)30(41)26(19-38)44-33/h11-12,22-33,38-42H,10,13-19H2,1-9H3/b21-12-/t22-,23+,24+,25-,26+,27+,28-,29-,30-,31+,32-,33?,35+,36+,37+/m0/s1. The van der Waals surface area contributed by atoms with E-state index in [0.29, 0.717) is 12.3 Å². The molecule has 7 nitrogen and oxygen atoms in total. The first-order valence-corrected chi connectivity index (χ1v) is 17.4. The zero-order valence-electron chi connectivity index (χ0n) is 28.8. The van der Waals surface area contributed by atoms with Gasteiger partial charge in [0.1, 0.15) is 12.2 Å². The lowest BCUT2D eigenvalue weighted by Crippen LogP contribution is -2.70. The van der Waals surface area contributed by atoms with E-state index in [2.05, 4.69) is 67.5 Å². The smallest absolute Gasteiger partial charge is 0.184 e. The minimum absolute atomic E-state index is 0.0300. The highest BCUT2D eigenvalue weighted by atomic mass is 16.7. The lowest BCUT2D eigenvalue weighted by atomic mass is 9.34. The SMILES string of the molecule is CC(C)=CC/C=C(/C)[C@H]1CC[C@]2(C)[C@@H]1[C@H](O)C[C@@H]1[C@@]3(C)CC[C@H](O)C(C)(C)[C@@H]3[C@@H](OC3O[C@H](CO)[C@@H](O)[C@H](C)[C@H]3O)C[C@]12C. The average molecular weight is 619 g/mol. The van der Waals surface area contributed by atoms with Crippen molar-refractivity contribution < 1.29 is 35.0 Å². The predicted molar refractivity (Wildman–Crippen MR) is 171 cm³/mol. The van der Waals surface area contributed by atoms with Gasteiger partial charge in [0.15, 0.2) is 6.29 Å². The first-order valence-electron chi connectivity index (χ1n) is 17.4. The number of fused-ring (bicyclic) bond motifs is 5. The summed E-state index contributed by atoms with van der Waals surface area (Å²) >= 11 is 0. The highest BCUT2D eigenvalue weighted by Gasteiger charge is 2.72. The molecule has 0 aromatic carbocycles. The Morgan fingerprint density at radius 2 is 1.59 bits per heavy atom. The largest absolute Gasteiger partial charge is 0.394 e. The summed E-state index contributed by atoms with van der Waals surface area (Å²) in [4.78, 5) is 0. The maximum Gasteiger partial charge on any atom is 0.184 e. The number of rotatable bonds is 6. The maximum atomic E-state index is 12.1. The van der Waals surface area contributed by atoms with Crippen molar-refractivity contribution in [3.63, 3.8) is 0 Å². The van der Waals surface area contributed by atoms with Crippen LogP contribution in [-0.2, 0) is 9.47 Å². The fourth-order valence-corrected chi connectivity index (χ4v) is 11.7. The summed E-state index contributed by atoms with van der Waals surface area (Å²) < 4.78 is 13.0. The number of ether oxygens (including phenoxy) is 2. The molecule has 252 valence electrons. The van der Waals surface area contributed by atoms with Gasteiger partial charge in [-0.1, -0.05) is 64.8 Å². The molecule has 1 aliphatic heterocycles. The Labute approximate surface area is 266 Å². The molecule has 5 N–H and O–H groups in total. The van der Waals surface area contributed by atoms with Gasteiger partial charge in [-0.2, -0.15) is 0 Å². The van der Waals surface area contributed by atoms with Gasteiger partial charge in [0.05, 0.1) is 31.0 Å². The fourth-order valence-electron chi connectivity index (χ4n) is 11.7. The van der Waals surface area contributed by atoms with Crippen molar-refractivity contribution in [1.29, 1.82) is 0 Å². The van der Waals surface area contributed by atoms with Crippen LogP contribution in [-0.4, -0.2) is 75.1 Å². The van der Waals surface area contributed by atoms with E-state index in [1.54, 1.807) is 6.92 Å². The molecule has 5 fully saturated rings. The molecule has 7 heteroatoms. The summed E-state index contributed by atoms with van der Waals surface area (Å²) in [7, 11) is 0. The quantitative estimate of drug-likeness (QED) is 0.200. The first kappa shape index (κ1) is 34.5. The molecule has 1 saturated heterocycles. The Morgan fingerprint density at radius 3 is 2.23 bits per heavy atom. The molecule has 1 unspecified atom stereocenters. The summed E-state index contributed by atoms with van der Waals surface area (Å²) in [5.74, 6) is 0.194. The number of hydrogen-bond acceptors (Lipinski definition) is 7. The highest BCUT2D eigenvalue weighted by Crippen LogP contribution is 2.76. The molecule has 5 aliphatic rings. The van der Waals surface area contributed by atoms with Crippen molar-refractivity contribution in [2.75, 3.05) is 6.61 Å². The molecular weight excluding hydrogens is 556 g/mol. The van der Waals surface area contributed by atoms with Gasteiger partial charge in [-0.15, -0.1) is 0 Å². The van der Waals surface area contributed by atoms with Crippen LogP contribution in [0.15, 0.2) is 23.3 Å². The van der Waals surface area contributed by atoms with Crippen molar-refractivity contribution >= 4 is 0 Å². The van der Waals surface area contributed by atoms with E-state index in [1.807, 2.05) is 0 Å². The Bertz CT molecular complexity index is 1110. The van der Waals surface area contributed by atoms with E-state index in [4.69, 9.17) is 9.47 Å². The summed E-state index contributed by atoms with van der Waals surface area (Å²) in [6.07, 6.45) is 5.67. The van der Waals surface area contributed by atoms with Crippen molar-refractivity contribution in [3.8, 4) is 0 Å². The molecule has 4 aliphatic carbocycles. The van der Waals surface area contributed by atoms with Gasteiger partial charge >= 0.3 is 0 Å². The van der Waals surface area contributed by atoms with Crippen LogP contribution >= 0.6 is 0 Å². The van der Waals surface area contributed by atoms with Gasteiger partial charge in [0.25, 0.3) is 0 Å². The minimum Gasteiger partial charge on any atom is -0.394 e. The molecule has 0 bridgehead atoms. The molecule has 0 radical (unpaired) electrons. The Hall–Kier alpha value is -0.800. The number of hydrogen-bond donors (Lipinski definition) is 5. The first-order chi connectivity index (χ1) is 20.4. The van der Waals surface area contributed by atoms with Crippen molar-refractivity contribution in [2.45, 2.75) is 150 Å². The maximum absolute atomic E-state index is 12.1. The van der Waals surface area contributed by atoms with Crippen LogP contribution in [0.4, 0.5) is 0 Å². The van der Waals surface area contributed by atoms with Gasteiger partial charge in [-0.25, -0.2) is 0 Å². The third-order valence-corrected chi connectivity index (χ3v) is 14.3. The molecule has 15 atom stereocenters. The monoisotopic (exact) mass is 618 g/mol. The van der Waals surface area contributed by atoms with E-state index in [9.17, 15) is 25.5 Å². The topological polar surface area (TPSA) is 120 Å². The van der Waals surface area contributed by atoms with E-state index in [-0.39, 0.29) is 46.7 Å². The molecule has 44 heavy (non-hydrogen) atoms. The Morgan fingerprint density at radius 1 is 0.909 bits per heavy atom. The summed E-state index contributed by atoms with van der Waals surface area (Å²) in [6, 6.07) is 0. The minimum atomic E-state index is -1.04. The molecule has 0 aromatic heterocycles. The summed E-state index contributed by atoms with van der Waals surface area (Å²) in [5.41, 5.74) is 1.77. The van der Waals surface area contributed by atoms with Crippen molar-refractivity contribution in [1.82, 2.24) is 0 Å². The predicted octanol–water partition coefficient (Wildman–Crippen LogP) is 5.38. The fraction of sp³-hybridized carbons (Fsp3) is 0.892. The molecule has 0 aromatic rings. The van der Waals surface area contributed by atoms with Gasteiger partial charge < -0.3 is 35.0 Å². The molecule has 0 amide bonds. The highest BCUT2D eigenvalue weighted by molar-refractivity contribution is 5.24. The lowest BCUT2D eigenvalue weighted by Gasteiger charge is -2.72. The van der Waals surface area contributed by atoms with E-state index < -0.39 is 48.1 Å². The van der Waals surface area contributed by atoms with E-state index in [1.165, 1.54) is 11.1 Å². The number of aliphatic hydroxyl groups is 5. The van der Waals surface area contributed by atoms with Crippen LogP contribution in [0.25, 0.3) is 0 Å². The van der Waals surface area contributed by atoms with E-state index >= 15 is 0 Å². The molecule has 0 spiro atoms. The number of allylic oxidation sites excluding steroid dienone is 4. The zero-order chi connectivity index (χ0) is 32.6. The third-order valence-electron chi connectivity index (χ3n) is 14.3. The Balaban J connectivity index is 1.55. The second-order valence-corrected chi connectivity index (χ2v) is 17.1. The van der Waals surface area contributed by atoms with Gasteiger partial charge in [-0.3, -0.25) is 0 Å². The molecule has 1 heterocycles. The summed E-state index contributed by atoms with van der Waals surface area (Å²) in [6.45, 7) is 19.5. The van der Waals surface area contributed by atoms with Gasteiger partial charge in [0, 0.05) is 5.92 Å². The molecular formula is C37H62O7. The van der Waals surface area contributed by atoms with Crippen LogP contribution in [0.2, 0.25) is 0 Å². The average Bonchev–Trinajstić information content (AvgIpc) is 3.32. The van der Waals surface area contributed by atoms with Gasteiger partial charge in [-0.05, 0) is 111 Å². The second-order valence-electron chi connectivity index (χ2n) is 17.1. The van der Waals surface area contributed by atoms with Crippen LogP contribution < -0.4 is 0 Å².